The van der Waals surface area contributed by atoms with Gasteiger partial charge in [0.1, 0.15) is 5.78 Å². The minimum absolute atomic E-state index is 0.00648. The quantitative estimate of drug-likeness (QED) is 0.0864. The third-order valence-electron chi connectivity index (χ3n) is 13.7. The number of ketones is 1. The first-order valence-electron chi connectivity index (χ1n) is 21.7. The number of carboxylic acids is 1. The van der Waals surface area contributed by atoms with Crippen molar-refractivity contribution >= 4 is 54.1 Å². The summed E-state index contributed by atoms with van der Waals surface area (Å²) in [5.74, 6) is -1.38. The molecular formula is C47H87NO6SSi3. The molecular weight excluding hydrogens is 791 g/mol. The molecule has 0 fully saturated rings. The van der Waals surface area contributed by atoms with Crippen molar-refractivity contribution in [2.24, 2.45) is 17.3 Å². The number of aryl methyl sites for hydroxylation is 1. The molecule has 0 bridgehead atoms. The van der Waals surface area contributed by atoms with Crippen LogP contribution in [0.2, 0.25) is 54.4 Å². The first-order valence-corrected chi connectivity index (χ1v) is 31.3. The number of thiazole rings is 1. The van der Waals surface area contributed by atoms with Gasteiger partial charge in [-0.1, -0.05) is 101 Å². The molecule has 334 valence electrons. The lowest BCUT2D eigenvalue weighted by molar-refractivity contribution is -0.146. The Morgan fingerprint density at radius 2 is 1.34 bits per heavy atom. The molecule has 0 unspecified atom stereocenters. The lowest BCUT2D eigenvalue weighted by Crippen LogP contribution is -2.55. The van der Waals surface area contributed by atoms with Crippen LogP contribution in [0.15, 0.2) is 35.3 Å². The van der Waals surface area contributed by atoms with E-state index in [0.29, 0.717) is 6.42 Å². The lowest BCUT2D eigenvalue weighted by Gasteiger charge is -2.47. The average molecular weight is 879 g/mol. The molecule has 7 nitrogen and oxygen atoms in total. The van der Waals surface area contributed by atoms with E-state index >= 15 is 4.79 Å². The summed E-state index contributed by atoms with van der Waals surface area (Å²) < 4.78 is 21.1. The number of aromatic nitrogens is 1. The van der Waals surface area contributed by atoms with Crippen LogP contribution in [0.25, 0.3) is 6.08 Å². The monoisotopic (exact) mass is 878 g/mol. The molecule has 0 aromatic carbocycles. The summed E-state index contributed by atoms with van der Waals surface area (Å²) in [6, 6.07) is 0. The molecule has 1 aromatic heterocycles. The molecule has 0 radical (unpaired) electrons. The third-order valence-corrected chi connectivity index (χ3v) is 27.9. The number of hydrogen-bond acceptors (Lipinski definition) is 7. The zero-order valence-electron chi connectivity index (χ0n) is 41.0. The SMILES string of the molecule is C=CC[C@@H](C(=O)C(C)(C)[C@H](CC(=O)O)O[Si](C)(C)C(C)(C)C)[C@@H](O[Si](C)(C)C(C)(C)C)[C@@H](C)CCC/C(C)=C\C[C@H](O[Si](C)(C)C(C)(C)C)/C(C)=C/c1csc(C)n1. The van der Waals surface area contributed by atoms with Gasteiger partial charge in [-0.3, -0.25) is 9.59 Å². The molecule has 1 aromatic rings. The van der Waals surface area contributed by atoms with Gasteiger partial charge in [-0.15, -0.1) is 17.9 Å². The maximum atomic E-state index is 15.1. The number of carbonyl (C=O) groups is 2. The van der Waals surface area contributed by atoms with Crippen LogP contribution in [0.4, 0.5) is 0 Å². The lowest BCUT2D eigenvalue weighted by atomic mass is 9.71. The largest absolute Gasteiger partial charge is 0.481 e. The Labute approximate surface area is 363 Å². The van der Waals surface area contributed by atoms with Crippen LogP contribution in [-0.2, 0) is 22.9 Å². The minimum Gasteiger partial charge on any atom is -0.481 e. The molecule has 1 N–H and O–H groups in total. The standard InChI is InChI=1S/C47H87NO6SSi3/c1-23-25-38(43(51)47(15,16)40(31-41(49)50)53-57(19,20)45(9,10)11)42(54-58(21,22)46(12,13)14)34(3)27-24-26-33(2)28-29-39(52-56(17,18)44(6,7)8)35(4)30-37-32-55-36(5)48-37/h23,28,30,32,34,38-40,42H,1,24-27,29,31H2,2-22H3,(H,49,50)/b33-28-,35-30+/t34-,38+,39-,40-,42-/m0/s1. The Bertz CT molecular complexity index is 1570. The van der Waals surface area contributed by atoms with E-state index in [9.17, 15) is 9.90 Å². The zero-order chi connectivity index (χ0) is 45.5. The fraction of sp³-hybridized carbons (Fsp3) is 0.766. The maximum absolute atomic E-state index is 15.1. The molecule has 1 heterocycles. The van der Waals surface area contributed by atoms with E-state index in [1.54, 1.807) is 11.3 Å². The van der Waals surface area contributed by atoms with Crippen molar-refractivity contribution in [2.75, 3.05) is 0 Å². The molecule has 0 spiro atoms. The van der Waals surface area contributed by atoms with E-state index in [2.05, 4.69) is 146 Å². The van der Waals surface area contributed by atoms with Crippen molar-refractivity contribution in [3.05, 3.63) is 46.0 Å². The van der Waals surface area contributed by atoms with Crippen LogP contribution in [0.3, 0.4) is 0 Å². The fourth-order valence-corrected chi connectivity index (χ4v) is 11.2. The van der Waals surface area contributed by atoms with Gasteiger partial charge in [0, 0.05) is 16.7 Å². The van der Waals surface area contributed by atoms with Crippen LogP contribution in [0.1, 0.15) is 146 Å². The first kappa shape index (κ1) is 54.5. The Hall–Kier alpha value is -1.48. The summed E-state index contributed by atoms with van der Waals surface area (Å²) in [4.78, 5) is 32.0. The van der Waals surface area contributed by atoms with E-state index in [1.807, 2.05) is 26.8 Å². The van der Waals surface area contributed by atoms with Gasteiger partial charge in [-0.2, -0.15) is 0 Å². The van der Waals surface area contributed by atoms with Gasteiger partial charge in [0.15, 0.2) is 25.0 Å². The highest BCUT2D eigenvalue weighted by Gasteiger charge is 2.50. The number of allylic oxidation sites excluding steroid dienone is 2. The molecule has 0 aliphatic carbocycles. The van der Waals surface area contributed by atoms with Crippen LogP contribution >= 0.6 is 11.3 Å². The van der Waals surface area contributed by atoms with E-state index < -0.39 is 48.4 Å². The van der Waals surface area contributed by atoms with Crippen LogP contribution in [0, 0.1) is 24.2 Å². The minimum atomic E-state index is -2.42. The molecule has 0 amide bonds. The number of carboxylic acid groups (broad SMARTS) is 1. The van der Waals surface area contributed by atoms with Crippen molar-refractivity contribution in [3.63, 3.8) is 0 Å². The van der Waals surface area contributed by atoms with Gasteiger partial charge in [-0.05, 0) is 125 Å². The topological polar surface area (TPSA) is 95.0 Å². The second-order valence-electron chi connectivity index (χ2n) is 22.2. The molecule has 0 saturated heterocycles. The normalized spacial score (nSPS) is 17.1. The summed E-state index contributed by atoms with van der Waals surface area (Å²) in [5.41, 5.74) is 2.45. The highest BCUT2D eigenvalue weighted by atomic mass is 32.1. The van der Waals surface area contributed by atoms with E-state index in [0.717, 1.165) is 36.4 Å². The molecule has 58 heavy (non-hydrogen) atoms. The highest BCUT2D eigenvalue weighted by molar-refractivity contribution is 7.09. The summed E-state index contributed by atoms with van der Waals surface area (Å²) >= 11 is 1.67. The van der Waals surface area contributed by atoms with Crippen molar-refractivity contribution < 1.29 is 28.0 Å². The smallest absolute Gasteiger partial charge is 0.305 e. The number of rotatable bonds is 23. The summed E-state index contributed by atoms with van der Waals surface area (Å²) in [7, 11) is -6.80. The zero-order valence-corrected chi connectivity index (χ0v) is 44.8. The number of carbonyl (C=O) groups excluding carboxylic acids is 1. The Balaban J connectivity index is 3.50. The summed E-state index contributed by atoms with van der Waals surface area (Å²) in [6.07, 6.45) is 9.01. The van der Waals surface area contributed by atoms with Gasteiger partial charge < -0.3 is 18.4 Å². The molecule has 0 aliphatic rings. The van der Waals surface area contributed by atoms with Gasteiger partial charge in [0.2, 0.25) is 0 Å². The predicted molar refractivity (Wildman–Crippen MR) is 257 cm³/mol. The number of aliphatic carboxylic acids is 1. The van der Waals surface area contributed by atoms with Gasteiger partial charge in [0.05, 0.1) is 35.4 Å². The Morgan fingerprint density at radius 3 is 1.79 bits per heavy atom. The molecule has 5 atom stereocenters. The van der Waals surface area contributed by atoms with E-state index in [4.69, 9.17) is 18.3 Å². The second kappa shape index (κ2) is 21.1. The van der Waals surface area contributed by atoms with E-state index in [-0.39, 0.29) is 45.4 Å². The summed E-state index contributed by atoms with van der Waals surface area (Å²) in [5, 5.41) is 13.1. The number of nitrogens with zero attached hydrogens (tertiary/aromatic N) is 1. The Kier molecular flexibility index (Phi) is 19.8. The van der Waals surface area contributed by atoms with Crippen molar-refractivity contribution in [1.29, 1.82) is 0 Å². The van der Waals surface area contributed by atoms with Crippen molar-refractivity contribution in [3.8, 4) is 0 Å². The average Bonchev–Trinajstić information content (AvgIpc) is 3.45. The van der Waals surface area contributed by atoms with E-state index in [1.165, 1.54) is 11.1 Å². The van der Waals surface area contributed by atoms with Crippen molar-refractivity contribution in [2.45, 2.75) is 215 Å². The molecule has 11 heteroatoms. The maximum Gasteiger partial charge on any atom is 0.305 e. The van der Waals surface area contributed by atoms with Crippen LogP contribution in [0.5, 0.6) is 0 Å². The van der Waals surface area contributed by atoms with Crippen LogP contribution in [-0.4, -0.2) is 65.1 Å². The number of Topliss-reactive ketones (excluding diaryl/α,β-unsaturated/α-hetero) is 1. The highest BCUT2D eigenvalue weighted by Crippen LogP contribution is 2.45. The second-order valence-corrected chi connectivity index (χ2v) is 37.6. The summed E-state index contributed by atoms with van der Waals surface area (Å²) in [6.45, 7) is 49.9. The van der Waals surface area contributed by atoms with Crippen LogP contribution < -0.4 is 0 Å². The van der Waals surface area contributed by atoms with Gasteiger partial charge in [-0.25, -0.2) is 4.98 Å². The molecule has 1 rings (SSSR count). The first-order chi connectivity index (χ1) is 26.0. The predicted octanol–water partition coefficient (Wildman–Crippen LogP) is 14.4. The molecule has 0 aliphatic heterocycles. The van der Waals surface area contributed by atoms with Gasteiger partial charge in [0.25, 0.3) is 0 Å². The number of hydrogen-bond donors (Lipinski definition) is 1. The molecule has 0 saturated carbocycles. The van der Waals surface area contributed by atoms with Crippen molar-refractivity contribution in [1.82, 2.24) is 4.98 Å². The Morgan fingerprint density at radius 1 is 0.845 bits per heavy atom. The third kappa shape index (κ3) is 15.8. The fourth-order valence-electron chi connectivity index (χ4n) is 6.36. The van der Waals surface area contributed by atoms with Gasteiger partial charge >= 0.3 is 5.97 Å².